The SMILES string of the molecule is C=CCSC1=NN2C(=c3ccccc3=NC2c2ccccc2OCc2ccccc2)C(=O)N1. The van der Waals surface area contributed by atoms with Gasteiger partial charge in [0.25, 0.3) is 5.91 Å². The number of fused-ring (bicyclic) bond motifs is 2. The summed E-state index contributed by atoms with van der Waals surface area (Å²) in [6, 6.07) is 25.4. The maximum atomic E-state index is 13.2. The minimum atomic E-state index is -0.535. The van der Waals surface area contributed by atoms with Crippen LogP contribution in [0.5, 0.6) is 5.75 Å². The molecule has 0 saturated heterocycles. The van der Waals surface area contributed by atoms with Crippen molar-refractivity contribution in [1.82, 2.24) is 10.3 Å². The van der Waals surface area contributed by atoms with E-state index < -0.39 is 6.17 Å². The predicted octanol–water partition coefficient (Wildman–Crippen LogP) is 3.33. The van der Waals surface area contributed by atoms with Crippen LogP contribution in [0.25, 0.3) is 5.70 Å². The first kappa shape index (κ1) is 21.0. The Kier molecular flexibility index (Phi) is 5.95. The number of hydrogen-bond donors (Lipinski definition) is 1. The lowest BCUT2D eigenvalue weighted by molar-refractivity contribution is -0.116. The zero-order valence-electron chi connectivity index (χ0n) is 17.8. The number of thioether (sulfide) groups is 1. The number of benzene rings is 3. The van der Waals surface area contributed by atoms with Crippen LogP contribution in [0.4, 0.5) is 0 Å². The Morgan fingerprint density at radius 1 is 1.03 bits per heavy atom. The molecule has 1 atom stereocenters. The maximum absolute atomic E-state index is 13.2. The summed E-state index contributed by atoms with van der Waals surface area (Å²) in [7, 11) is 0. The van der Waals surface area contributed by atoms with Crippen molar-refractivity contribution in [2.24, 2.45) is 10.1 Å². The summed E-state index contributed by atoms with van der Waals surface area (Å²) in [6.07, 6.45) is 1.24. The number of carbonyl (C=O) groups is 1. The lowest BCUT2D eigenvalue weighted by Gasteiger charge is -2.34. The average Bonchev–Trinajstić information content (AvgIpc) is 2.86. The summed E-state index contributed by atoms with van der Waals surface area (Å²) < 4.78 is 6.20. The molecule has 6 nitrogen and oxygen atoms in total. The van der Waals surface area contributed by atoms with Gasteiger partial charge in [0.2, 0.25) is 0 Å². The van der Waals surface area contributed by atoms with E-state index in [-0.39, 0.29) is 5.91 Å². The Morgan fingerprint density at radius 3 is 2.64 bits per heavy atom. The number of para-hydroxylation sites is 2. The normalized spacial score (nSPS) is 16.7. The van der Waals surface area contributed by atoms with E-state index in [4.69, 9.17) is 14.8 Å². The summed E-state index contributed by atoms with van der Waals surface area (Å²) in [4.78, 5) is 18.1. The first-order chi connectivity index (χ1) is 16.2. The number of rotatable bonds is 6. The average molecular weight is 455 g/mol. The van der Waals surface area contributed by atoms with Crippen molar-refractivity contribution in [1.29, 1.82) is 0 Å². The molecule has 33 heavy (non-hydrogen) atoms. The smallest absolute Gasteiger partial charge is 0.276 e. The molecule has 2 aliphatic rings. The van der Waals surface area contributed by atoms with Crippen LogP contribution in [0.2, 0.25) is 0 Å². The molecule has 1 N–H and O–H groups in total. The van der Waals surface area contributed by atoms with Gasteiger partial charge in [0.1, 0.15) is 18.1 Å². The van der Waals surface area contributed by atoms with Crippen LogP contribution in [0.3, 0.4) is 0 Å². The Bertz CT molecular complexity index is 1350. The Balaban J connectivity index is 1.59. The van der Waals surface area contributed by atoms with Gasteiger partial charge < -0.3 is 4.74 Å². The summed E-state index contributed by atoms with van der Waals surface area (Å²) in [5.74, 6) is 1.14. The van der Waals surface area contributed by atoms with E-state index in [1.807, 2.05) is 78.9 Å². The number of hydrazone groups is 1. The third-order valence-corrected chi connectivity index (χ3v) is 6.15. The fraction of sp³-hybridized carbons (Fsp3) is 0.115. The Hall–Kier alpha value is -3.84. The minimum absolute atomic E-state index is 0.202. The van der Waals surface area contributed by atoms with Crippen molar-refractivity contribution in [2.45, 2.75) is 12.8 Å². The van der Waals surface area contributed by atoms with Gasteiger partial charge in [-0.2, -0.15) is 0 Å². The van der Waals surface area contributed by atoms with Gasteiger partial charge in [0, 0.05) is 16.5 Å². The molecular weight excluding hydrogens is 432 g/mol. The topological polar surface area (TPSA) is 66.3 Å². The fourth-order valence-electron chi connectivity index (χ4n) is 3.79. The molecule has 3 aromatic carbocycles. The van der Waals surface area contributed by atoms with Crippen molar-refractivity contribution in [3.63, 3.8) is 0 Å². The van der Waals surface area contributed by atoms with Gasteiger partial charge in [-0.1, -0.05) is 84.6 Å². The van der Waals surface area contributed by atoms with Crippen molar-refractivity contribution < 1.29 is 9.53 Å². The van der Waals surface area contributed by atoms with Crippen molar-refractivity contribution in [2.75, 3.05) is 5.75 Å². The molecule has 0 aliphatic carbocycles. The second-order valence-electron chi connectivity index (χ2n) is 7.48. The van der Waals surface area contributed by atoms with Gasteiger partial charge in [0.05, 0.1) is 5.36 Å². The summed E-state index contributed by atoms with van der Waals surface area (Å²) >= 11 is 1.42. The van der Waals surface area contributed by atoms with E-state index in [0.717, 1.165) is 21.7 Å². The van der Waals surface area contributed by atoms with E-state index in [2.05, 4.69) is 11.9 Å². The zero-order valence-corrected chi connectivity index (χ0v) is 18.7. The van der Waals surface area contributed by atoms with Crippen molar-refractivity contribution in [3.05, 3.63) is 113 Å². The van der Waals surface area contributed by atoms with Gasteiger partial charge in [-0.05, 0) is 17.7 Å². The van der Waals surface area contributed by atoms with E-state index in [1.165, 1.54) is 11.8 Å². The molecule has 164 valence electrons. The molecule has 1 unspecified atom stereocenters. The van der Waals surface area contributed by atoms with Crippen LogP contribution in [-0.2, 0) is 11.4 Å². The van der Waals surface area contributed by atoms with Crippen LogP contribution in [0, 0.1) is 0 Å². The van der Waals surface area contributed by atoms with Gasteiger partial charge in [-0.3, -0.25) is 15.1 Å². The highest BCUT2D eigenvalue weighted by molar-refractivity contribution is 8.14. The standard InChI is InChI=1S/C26H22N4O2S/c1-2-16-33-26-28-25(31)23-19-12-6-8-14-21(19)27-24(30(23)29-26)20-13-7-9-15-22(20)32-17-18-10-4-3-5-11-18/h2-15,24H,1,16-17H2,(H,28,29,31). The van der Waals surface area contributed by atoms with Crippen molar-refractivity contribution >= 4 is 28.5 Å². The molecule has 3 aromatic rings. The highest BCUT2D eigenvalue weighted by Crippen LogP contribution is 2.35. The largest absolute Gasteiger partial charge is 0.488 e. The van der Waals surface area contributed by atoms with Gasteiger partial charge >= 0.3 is 0 Å². The van der Waals surface area contributed by atoms with Crippen LogP contribution in [-0.4, -0.2) is 21.8 Å². The first-order valence-corrected chi connectivity index (χ1v) is 11.6. The fourth-order valence-corrected chi connectivity index (χ4v) is 4.38. The predicted molar refractivity (Wildman–Crippen MR) is 131 cm³/mol. The molecule has 0 saturated carbocycles. The lowest BCUT2D eigenvalue weighted by Crippen LogP contribution is -2.50. The van der Waals surface area contributed by atoms with Crippen LogP contribution >= 0.6 is 11.8 Å². The molecule has 5 rings (SSSR count). The van der Waals surface area contributed by atoms with E-state index >= 15 is 0 Å². The van der Waals surface area contributed by atoms with Gasteiger partial charge in [-0.15, -0.1) is 11.7 Å². The van der Waals surface area contributed by atoms with Crippen LogP contribution < -0.4 is 20.6 Å². The number of amidine groups is 1. The van der Waals surface area contributed by atoms with Crippen LogP contribution in [0.15, 0.2) is 102 Å². The second kappa shape index (κ2) is 9.34. The molecule has 0 bridgehead atoms. The number of carbonyl (C=O) groups excluding carboxylic acids is 1. The molecule has 0 spiro atoms. The number of nitrogens with zero attached hydrogens (tertiary/aromatic N) is 3. The molecule has 2 heterocycles. The number of ether oxygens (including phenoxy) is 1. The highest BCUT2D eigenvalue weighted by atomic mass is 32.2. The second-order valence-corrected chi connectivity index (χ2v) is 8.49. The monoisotopic (exact) mass is 454 g/mol. The Morgan fingerprint density at radius 2 is 1.79 bits per heavy atom. The van der Waals surface area contributed by atoms with E-state index in [1.54, 1.807) is 11.1 Å². The molecule has 2 aliphatic heterocycles. The van der Waals surface area contributed by atoms with E-state index in [0.29, 0.717) is 29.0 Å². The zero-order chi connectivity index (χ0) is 22.6. The molecule has 0 fully saturated rings. The summed E-state index contributed by atoms with van der Waals surface area (Å²) in [6.45, 7) is 4.18. The number of amides is 1. The third kappa shape index (κ3) is 4.27. The molecule has 1 amide bonds. The molecule has 7 heteroatoms. The highest BCUT2D eigenvalue weighted by Gasteiger charge is 2.35. The first-order valence-electron chi connectivity index (χ1n) is 10.6. The Labute approximate surface area is 196 Å². The minimum Gasteiger partial charge on any atom is -0.488 e. The van der Waals surface area contributed by atoms with Gasteiger partial charge in [0.15, 0.2) is 11.3 Å². The molecular formula is C26H22N4O2S. The third-order valence-electron chi connectivity index (χ3n) is 5.29. The van der Waals surface area contributed by atoms with Crippen LogP contribution in [0.1, 0.15) is 17.3 Å². The maximum Gasteiger partial charge on any atom is 0.276 e. The van der Waals surface area contributed by atoms with Crippen molar-refractivity contribution in [3.8, 4) is 5.75 Å². The number of nitrogens with one attached hydrogen (secondary N) is 1. The summed E-state index contributed by atoms with van der Waals surface area (Å²) in [5, 5.41) is 11.4. The number of hydrogen-bond acceptors (Lipinski definition) is 6. The lowest BCUT2D eigenvalue weighted by atomic mass is 10.1. The summed E-state index contributed by atoms with van der Waals surface area (Å²) in [5.41, 5.74) is 2.39. The van der Waals surface area contributed by atoms with Gasteiger partial charge in [-0.25, -0.2) is 5.01 Å². The molecule has 0 aromatic heterocycles. The quantitative estimate of drug-likeness (QED) is 0.581. The molecule has 0 radical (unpaired) electrons. The van der Waals surface area contributed by atoms with E-state index in [9.17, 15) is 4.79 Å².